The number of benzene rings is 1. The lowest BCUT2D eigenvalue weighted by Crippen LogP contribution is -2.58. The lowest BCUT2D eigenvalue weighted by Gasteiger charge is -2.37. The first kappa shape index (κ1) is 23.7. The van der Waals surface area contributed by atoms with Gasteiger partial charge in [0.25, 0.3) is 0 Å². The first-order valence-corrected chi connectivity index (χ1v) is 12.0. The van der Waals surface area contributed by atoms with Gasteiger partial charge in [-0.05, 0) is 51.7 Å². The highest BCUT2D eigenvalue weighted by atomic mass is 16.5. The summed E-state index contributed by atoms with van der Waals surface area (Å²) < 4.78 is 6.68. The fourth-order valence-corrected chi connectivity index (χ4v) is 6.27. The van der Waals surface area contributed by atoms with Crippen LogP contribution in [0.3, 0.4) is 0 Å². The number of anilines is 1. The van der Waals surface area contributed by atoms with Crippen molar-refractivity contribution in [1.29, 1.82) is 0 Å². The van der Waals surface area contributed by atoms with Crippen molar-refractivity contribution in [3.05, 3.63) is 30.3 Å². The molecule has 0 saturated carbocycles. The van der Waals surface area contributed by atoms with E-state index in [0.29, 0.717) is 31.4 Å². The Morgan fingerprint density at radius 3 is 2.45 bits per heavy atom. The molecule has 3 N–H and O–H groups in total. The van der Waals surface area contributed by atoms with E-state index < -0.39 is 35.1 Å². The van der Waals surface area contributed by atoms with Crippen LogP contribution in [0.4, 0.5) is 5.69 Å². The lowest BCUT2D eigenvalue weighted by molar-refractivity contribution is -0.150. The molecule has 3 amide bonds. The Morgan fingerprint density at radius 1 is 1.18 bits per heavy atom. The van der Waals surface area contributed by atoms with Crippen LogP contribution in [0.2, 0.25) is 0 Å². The summed E-state index contributed by atoms with van der Waals surface area (Å²) in [5, 5.41) is 16.0. The summed E-state index contributed by atoms with van der Waals surface area (Å²) in [6.07, 6.45) is 2.20. The molecule has 0 aromatic heterocycles. The van der Waals surface area contributed by atoms with Crippen LogP contribution in [-0.4, -0.2) is 63.7 Å². The van der Waals surface area contributed by atoms with Crippen LogP contribution in [0.15, 0.2) is 30.3 Å². The number of carbonyl (C=O) groups is 3. The summed E-state index contributed by atoms with van der Waals surface area (Å²) in [6, 6.07) is 7.65. The Labute approximate surface area is 195 Å². The predicted molar refractivity (Wildman–Crippen MR) is 123 cm³/mol. The van der Waals surface area contributed by atoms with E-state index in [0.717, 1.165) is 0 Å². The average Bonchev–Trinajstić information content (AvgIpc) is 3.39. The van der Waals surface area contributed by atoms with Crippen molar-refractivity contribution < 1.29 is 24.2 Å². The van der Waals surface area contributed by atoms with Crippen LogP contribution in [0.5, 0.6) is 0 Å². The molecule has 2 bridgehead atoms. The van der Waals surface area contributed by atoms with Crippen LogP contribution in [0.1, 0.15) is 53.4 Å². The van der Waals surface area contributed by atoms with Gasteiger partial charge in [0.15, 0.2) is 0 Å². The monoisotopic (exact) mass is 457 g/mol. The van der Waals surface area contributed by atoms with Crippen molar-refractivity contribution in [2.24, 2.45) is 11.8 Å². The number of aliphatic hydroxyl groups is 1. The average molecular weight is 458 g/mol. The number of rotatable bonds is 8. The van der Waals surface area contributed by atoms with Gasteiger partial charge in [-0.25, -0.2) is 0 Å². The van der Waals surface area contributed by atoms with E-state index in [2.05, 4.69) is 10.6 Å². The minimum Gasteiger partial charge on any atom is -0.394 e. The van der Waals surface area contributed by atoms with Gasteiger partial charge in [0, 0.05) is 11.7 Å². The van der Waals surface area contributed by atoms with Crippen molar-refractivity contribution >= 4 is 23.4 Å². The molecule has 6 atom stereocenters. The molecule has 2 unspecified atom stereocenters. The maximum absolute atomic E-state index is 13.9. The molecule has 33 heavy (non-hydrogen) atoms. The maximum atomic E-state index is 13.9. The van der Waals surface area contributed by atoms with Gasteiger partial charge < -0.3 is 25.4 Å². The SMILES string of the molecule is CC[C@@H](CO)N1C(=O)[C@@H]2[C@H](C(=O)Nc3ccccc3)[C@]3(CC)CCC2(O3)C1C(=O)NC(C)C. The van der Waals surface area contributed by atoms with Gasteiger partial charge in [-0.15, -0.1) is 0 Å². The first-order chi connectivity index (χ1) is 15.7. The zero-order valence-corrected chi connectivity index (χ0v) is 19.8. The second-order valence-electron chi connectivity index (χ2n) is 9.84. The highest BCUT2D eigenvalue weighted by Gasteiger charge is 2.79. The van der Waals surface area contributed by atoms with Crippen LogP contribution in [-0.2, 0) is 19.1 Å². The van der Waals surface area contributed by atoms with Gasteiger partial charge in [0.2, 0.25) is 17.7 Å². The number of hydrogen-bond donors (Lipinski definition) is 3. The third-order valence-electron chi connectivity index (χ3n) is 7.70. The highest BCUT2D eigenvalue weighted by molar-refractivity contribution is 6.02. The van der Waals surface area contributed by atoms with Crippen molar-refractivity contribution in [3.63, 3.8) is 0 Å². The molecule has 3 heterocycles. The quantitative estimate of drug-likeness (QED) is 0.554. The molecule has 3 fully saturated rings. The van der Waals surface area contributed by atoms with Gasteiger partial charge in [0.1, 0.15) is 11.6 Å². The first-order valence-electron chi connectivity index (χ1n) is 12.0. The minimum atomic E-state index is -1.08. The molecular formula is C25H35N3O5. The number of nitrogens with zero attached hydrogens (tertiary/aromatic N) is 1. The molecular weight excluding hydrogens is 422 g/mol. The zero-order chi connectivity index (χ0) is 24.0. The third-order valence-corrected chi connectivity index (χ3v) is 7.70. The molecule has 8 nitrogen and oxygen atoms in total. The van der Waals surface area contributed by atoms with Crippen LogP contribution in [0, 0.1) is 11.8 Å². The van der Waals surface area contributed by atoms with E-state index in [-0.39, 0.29) is 30.4 Å². The smallest absolute Gasteiger partial charge is 0.246 e. The van der Waals surface area contributed by atoms with Crippen molar-refractivity contribution in [1.82, 2.24) is 10.2 Å². The number of amides is 3. The molecule has 3 saturated heterocycles. The second kappa shape index (κ2) is 8.72. The van der Waals surface area contributed by atoms with Crippen LogP contribution in [0.25, 0.3) is 0 Å². The van der Waals surface area contributed by atoms with Crippen molar-refractivity contribution in [2.75, 3.05) is 11.9 Å². The van der Waals surface area contributed by atoms with Crippen LogP contribution < -0.4 is 10.6 Å². The number of likely N-dealkylation sites (tertiary alicyclic amines) is 1. The van der Waals surface area contributed by atoms with E-state index in [1.54, 1.807) is 12.1 Å². The highest BCUT2D eigenvalue weighted by Crippen LogP contribution is 2.64. The molecule has 3 aliphatic rings. The minimum absolute atomic E-state index is 0.116. The number of hydrogen-bond acceptors (Lipinski definition) is 5. The fourth-order valence-electron chi connectivity index (χ4n) is 6.27. The Balaban J connectivity index is 1.77. The maximum Gasteiger partial charge on any atom is 0.246 e. The molecule has 4 rings (SSSR count). The predicted octanol–water partition coefficient (Wildman–Crippen LogP) is 2.08. The normalized spacial score (nSPS) is 33.3. The van der Waals surface area contributed by atoms with E-state index in [1.807, 2.05) is 45.9 Å². The van der Waals surface area contributed by atoms with E-state index in [4.69, 9.17) is 4.74 Å². The van der Waals surface area contributed by atoms with Crippen molar-refractivity contribution in [2.45, 2.75) is 82.7 Å². The standard InChI is InChI=1S/C25H35N3O5/c1-5-17(14-29)28-20(22(31)26-15(3)4)25-13-12-24(6-2,33-25)18(19(25)23(28)32)21(30)27-16-10-8-7-9-11-16/h7-11,15,17-20,29H,5-6,12-14H2,1-4H3,(H,26,31)(H,27,30)/t17-,18+,19-,20?,24-,25?/m0/s1. The molecule has 180 valence electrons. The number of aliphatic hydroxyl groups excluding tert-OH is 1. The van der Waals surface area contributed by atoms with E-state index >= 15 is 0 Å². The van der Waals surface area contributed by atoms with Gasteiger partial charge in [0.05, 0.1) is 30.1 Å². The Kier molecular flexibility index (Phi) is 6.26. The topological polar surface area (TPSA) is 108 Å². The summed E-state index contributed by atoms with van der Waals surface area (Å²) in [5.74, 6) is -2.30. The summed E-state index contributed by atoms with van der Waals surface area (Å²) in [6.45, 7) is 7.33. The summed E-state index contributed by atoms with van der Waals surface area (Å²) >= 11 is 0. The molecule has 1 spiro atoms. The summed E-state index contributed by atoms with van der Waals surface area (Å²) in [4.78, 5) is 42.5. The Bertz CT molecular complexity index is 918. The number of carbonyl (C=O) groups excluding carboxylic acids is 3. The molecule has 0 radical (unpaired) electrons. The van der Waals surface area contributed by atoms with Gasteiger partial charge in [-0.1, -0.05) is 32.0 Å². The summed E-state index contributed by atoms with van der Waals surface area (Å²) in [5.41, 5.74) is -1.21. The number of ether oxygens (including phenoxy) is 1. The van der Waals surface area contributed by atoms with E-state index in [1.165, 1.54) is 4.90 Å². The van der Waals surface area contributed by atoms with Crippen molar-refractivity contribution in [3.8, 4) is 0 Å². The number of nitrogens with one attached hydrogen (secondary N) is 2. The van der Waals surface area contributed by atoms with E-state index in [9.17, 15) is 19.5 Å². The van der Waals surface area contributed by atoms with Gasteiger partial charge >= 0.3 is 0 Å². The molecule has 8 heteroatoms. The Hall–Kier alpha value is -2.45. The molecule has 1 aromatic rings. The Morgan fingerprint density at radius 2 is 1.88 bits per heavy atom. The largest absolute Gasteiger partial charge is 0.394 e. The second-order valence-corrected chi connectivity index (χ2v) is 9.84. The summed E-state index contributed by atoms with van der Waals surface area (Å²) in [7, 11) is 0. The lowest BCUT2D eigenvalue weighted by atomic mass is 9.65. The number of fused-ring (bicyclic) bond motifs is 1. The molecule has 1 aromatic carbocycles. The fraction of sp³-hybridized carbons (Fsp3) is 0.640. The van der Waals surface area contributed by atoms with Gasteiger partial charge in [-0.3, -0.25) is 14.4 Å². The molecule has 0 aliphatic carbocycles. The molecule has 3 aliphatic heterocycles. The zero-order valence-electron chi connectivity index (χ0n) is 19.8. The van der Waals surface area contributed by atoms with Gasteiger partial charge in [-0.2, -0.15) is 0 Å². The number of para-hydroxylation sites is 1. The third kappa shape index (κ3) is 3.54. The van der Waals surface area contributed by atoms with Crippen LogP contribution >= 0.6 is 0 Å².